The van der Waals surface area contributed by atoms with Gasteiger partial charge in [-0.2, -0.15) is 0 Å². The zero-order valence-corrected chi connectivity index (χ0v) is 11.4. The van der Waals surface area contributed by atoms with Crippen LogP contribution in [0.15, 0.2) is 42.5 Å². The van der Waals surface area contributed by atoms with Crippen LogP contribution in [0.3, 0.4) is 0 Å². The Morgan fingerprint density at radius 2 is 1.72 bits per heavy atom. The summed E-state index contributed by atoms with van der Waals surface area (Å²) in [5, 5.41) is 12.3. The zero-order chi connectivity index (χ0) is 13.2. The summed E-state index contributed by atoms with van der Waals surface area (Å²) in [5.41, 5.74) is 0.631. The number of fused-ring (bicyclic) bond motifs is 1. The van der Waals surface area contributed by atoms with Crippen molar-refractivity contribution in [2.24, 2.45) is 0 Å². The third kappa shape index (κ3) is 3.56. The molecule has 0 fully saturated rings. The second-order valence-electron chi connectivity index (χ2n) is 5.67. The molecule has 0 spiro atoms. The first kappa shape index (κ1) is 13.1. The van der Waals surface area contributed by atoms with Gasteiger partial charge in [0.25, 0.3) is 0 Å². The molecule has 2 rings (SSSR count). The van der Waals surface area contributed by atoms with Gasteiger partial charge in [-0.3, -0.25) is 4.90 Å². The minimum Gasteiger partial charge on any atom is -0.389 e. The summed E-state index contributed by atoms with van der Waals surface area (Å²) in [5.74, 6) is 0. The lowest BCUT2D eigenvalue weighted by molar-refractivity contribution is 0.0425. The lowest BCUT2D eigenvalue weighted by atomic mass is 10.1. The maximum atomic E-state index is 9.80. The lowest BCUT2D eigenvalue weighted by Crippen LogP contribution is -2.35. The van der Waals surface area contributed by atoms with Crippen molar-refractivity contribution in [1.29, 1.82) is 0 Å². The summed E-state index contributed by atoms with van der Waals surface area (Å²) in [7, 11) is 2.03. The number of benzene rings is 2. The topological polar surface area (TPSA) is 23.5 Å². The molecule has 0 radical (unpaired) electrons. The standard InChI is InChI=1S/C16H21NO/c1-16(2,18)12-17(3)11-13-8-9-14-6-4-5-7-15(14)10-13/h4-10,18H,11-12H2,1-3H3. The summed E-state index contributed by atoms with van der Waals surface area (Å²) >= 11 is 0. The molecule has 96 valence electrons. The van der Waals surface area contributed by atoms with E-state index in [4.69, 9.17) is 0 Å². The molecular weight excluding hydrogens is 222 g/mol. The van der Waals surface area contributed by atoms with Gasteiger partial charge in [-0.05, 0) is 43.3 Å². The minimum absolute atomic E-state index is 0.647. The first-order valence-corrected chi connectivity index (χ1v) is 6.33. The fourth-order valence-corrected chi connectivity index (χ4v) is 2.37. The quantitative estimate of drug-likeness (QED) is 0.892. The number of rotatable bonds is 4. The van der Waals surface area contributed by atoms with E-state index in [-0.39, 0.29) is 0 Å². The number of nitrogens with zero attached hydrogens (tertiary/aromatic N) is 1. The van der Waals surface area contributed by atoms with E-state index < -0.39 is 5.60 Å². The molecular formula is C16H21NO. The zero-order valence-electron chi connectivity index (χ0n) is 11.4. The molecule has 1 N–H and O–H groups in total. The number of aliphatic hydroxyl groups is 1. The van der Waals surface area contributed by atoms with Gasteiger partial charge >= 0.3 is 0 Å². The molecule has 0 aliphatic heterocycles. The van der Waals surface area contributed by atoms with Gasteiger partial charge in [0.2, 0.25) is 0 Å². The maximum Gasteiger partial charge on any atom is 0.0718 e. The van der Waals surface area contributed by atoms with Crippen LogP contribution in [0.25, 0.3) is 10.8 Å². The van der Waals surface area contributed by atoms with E-state index in [0.29, 0.717) is 6.54 Å². The molecule has 0 aliphatic rings. The van der Waals surface area contributed by atoms with E-state index >= 15 is 0 Å². The molecule has 0 amide bonds. The second-order valence-corrected chi connectivity index (χ2v) is 5.67. The van der Waals surface area contributed by atoms with Gasteiger partial charge in [0.05, 0.1) is 5.60 Å². The molecule has 0 saturated carbocycles. The Bertz CT molecular complexity index is 528. The molecule has 18 heavy (non-hydrogen) atoms. The van der Waals surface area contributed by atoms with Crippen molar-refractivity contribution in [3.05, 3.63) is 48.0 Å². The molecule has 0 aliphatic carbocycles. The van der Waals surface area contributed by atoms with Crippen molar-refractivity contribution in [2.45, 2.75) is 26.0 Å². The number of hydrogen-bond donors (Lipinski definition) is 1. The van der Waals surface area contributed by atoms with Crippen LogP contribution in [0.1, 0.15) is 19.4 Å². The summed E-state index contributed by atoms with van der Waals surface area (Å²) in [6.45, 7) is 5.20. The number of hydrogen-bond acceptors (Lipinski definition) is 2. The Morgan fingerprint density at radius 3 is 2.39 bits per heavy atom. The van der Waals surface area contributed by atoms with Gasteiger partial charge in [-0.25, -0.2) is 0 Å². The predicted molar refractivity (Wildman–Crippen MR) is 76.6 cm³/mol. The highest BCUT2D eigenvalue weighted by Gasteiger charge is 2.15. The molecule has 2 aromatic carbocycles. The van der Waals surface area contributed by atoms with E-state index in [0.717, 1.165) is 6.54 Å². The Balaban J connectivity index is 2.12. The first-order chi connectivity index (χ1) is 8.44. The van der Waals surface area contributed by atoms with Crippen molar-refractivity contribution in [2.75, 3.05) is 13.6 Å². The highest BCUT2D eigenvalue weighted by molar-refractivity contribution is 5.82. The Hall–Kier alpha value is -1.38. The van der Waals surface area contributed by atoms with Crippen molar-refractivity contribution in [1.82, 2.24) is 4.90 Å². The van der Waals surface area contributed by atoms with Gasteiger partial charge in [0, 0.05) is 13.1 Å². The Morgan fingerprint density at radius 1 is 1.06 bits per heavy atom. The van der Waals surface area contributed by atoms with Crippen molar-refractivity contribution in [3.63, 3.8) is 0 Å². The van der Waals surface area contributed by atoms with Crippen LogP contribution in [0.5, 0.6) is 0 Å². The van der Waals surface area contributed by atoms with Crippen LogP contribution >= 0.6 is 0 Å². The Kier molecular flexibility index (Phi) is 3.69. The molecule has 2 heteroatoms. The fraction of sp³-hybridized carbons (Fsp3) is 0.375. The minimum atomic E-state index is -0.647. The van der Waals surface area contributed by atoms with E-state index in [2.05, 4.69) is 47.4 Å². The SMILES string of the molecule is CN(Cc1ccc2ccccc2c1)CC(C)(C)O. The van der Waals surface area contributed by atoms with Crippen LogP contribution in [0.2, 0.25) is 0 Å². The van der Waals surface area contributed by atoms with Gasteiger partial charge in [0.15, 0.2) is 0 Å². The monoisotopic (exact) mass is 243 g/mol. The van der Waals surface area contributed by atoms with Crippen LogP contribution < -0.4 is 0 Å². The summed E-state index contributed by atoms with van der Waals surface area (Å²) in [6.07, 6.45) is 0. The normalized spacial score (nSPS) is 12.3. The van der Waals surface area contributed by atoms with Crippen LogP contribution in [0, 0.1) is 0 Å². The third-order valence-electron chi connectivity index (χ3n) is 2.92. The van der Waals surface area contributed by atoms with Crippen LogP contribution in [-0.2, 0) is 6.54 Å². The average Bonchev–Trinajstić information content (AvgIpc) is 2.26. The van der Waals surface area contributed by atoms with Crippen molar-refractivity contribution in [3.8, 4) is 0 Å². The third-order valence-corrected chi connectivity index (χ3v) is 2.92. The van der Waals surface area contributed by atoms with Crippen LogP contribution in [-0.4, -0.2) is 29.2 Å². The summed E-state index contributed by atoms with van der Waals surface area (Å²) < 4.78 is 0. The fourth-order valence-electron chi connectivity index (χ4n) is 2.37. The van der Waals surface area contributed by atoms with Crippen LogP contribution in [0.4, 0.5) is 0 Å². The second kappa shape index (κ2) is 5.09. The molecule has 0 unspecified atom stereocenters. The van der Waals surface area contributed by atoms with E-state index in [1.54, 1.807) is 0 Å². The van der Waals surface area contributed by atoms with E-state index in [1.807, 2.05) is 20.9 Å². The van der Waals surface area contributed by atoms with Gasteiger partial charge in [-0.15, -0.1) is 0 Å². The van der Waals surface area contributed by atoms with Gasteiger partial charge in [-0.1, -0.05) is 36.4 Å². The molecule has 2 nitrogen and oxygen atoms in total. The molecule has 0 heterocycles. The predicted octanol–water partition coefficient (Wildman–Crippen LogP) is 3.04. The highest BCUT2D eigenvalue weighted by Crippen LogP contribution is 2.17. The summed E-state index contributed by atoms with van der Waals surface area (Å²) in [6, 6.07) is 14.9. The summed E-state index contributed by atoms with van der Waals surface area (Å²) in [4.78, 5) is 2.14. The number of likely N-dealkylation sites (N-methyl/N-ethyl adjacent to an activating group) is 1. The van der Waals surface area contributed by atoms with E-state index in [1.165, 1.54) is 16.3 Å². The first-order valence-electron chi connectivity index (χ1n) is 6.33. The highest BCUT2D eigenvalue weighted by atomic mass is 16.3. The molecule has 2 aromatic rings. The lowest BCUT2D eigenvalue weighted by Gasteiger charge is -2.25. The van der Waals surface area contributed by atoms with Gasteiger partial charge < -0.3 is 5.11 Å². The van der Waals surface area contributed by atoms with Gasteiger partial charge in [0.1, 0.15) is 0 Å². The van der Waals surface area contributed by atoms with Crippen molar-refractivity contribution < 1.29 is 5.11 Å². The molecule has 0 bridgehead atoms. The average molecular weight is 243 g/mol. The molecule has 0 atom stereocenters. The maximum absolute atomic E-state index is 9.80. The molecule has 0 aromatic heterocycles. The van der Waals surface area contributed by atoms with Crippen molar-refractivity contribution >= 4 is 10.8 Å². The molecule has 0 saturated heterocycles. The van der Waals surface area contributed by atoms with E-state index in [9.17, 15) is 5.11 Å². The Labute approximate surface area is 109 Å². The largest absolute Gasteiger partial charge is 0.389 e. The smallest absolute Gasteiger partial charge is 0.0718 e.